The summed E-state index contributed by atoms with van der Waals surface area (Å²) in [5.41, 5.74) is -6.04. The summed E-state index contributed by atoms with van der Waals surface area (Å²) in [5, 5.41) is 8.39. The summed E-state index contributed by atoms with van der Waals surface area (Å²) in [4.78, 5) is 13.2. The van der Waals surface area contributed by atoms with E-state index in [1.807, 2.05) is 0 Å². The van der Waals surface area contributed by atoms with E-state index in [1.54, 1.807) is 0 Å². The quantitative estimate of drug-likeness (QED) is 0.789. The molecule has 1 rings (SSSR count). The van der Waals surface area contributed by atoms with Crippen molar-refractivity contribution >= 4 is 5.97 Å². The van der Waals surface area contributed by atoms with Crippen molar-refractivity contribution in [3.63, 3.8) is 0 Å². The summed E-state index contributed by atoms with van der Waals surface area (Å²) in [7, 11) is 0. The number of pyridine rings is 1. The number of rotatable bonds is 1. The number of alkyl halides is 6. The van der Waals surface area contributed by atoms with Gasteiger partial charge < -0.3 is 5.11 Å². The molecule has 0 unspecified atom stereocenters. The second-order valence-corrected chi connectivity index (χ2v) is 2.88. The van der Waals surface area contributed by atoms with E-state index in [2.05, 4.69) is 4.98 Å². The third-order valence-corrected chi connectivity index (χ3v) is 1.74. The topological polar surface area (TPSA) is 50.2 Å². The third kappa shape index (κ3) is 2.66. The van der Waals surface area contributed by atoms with Crippen LogP contribution >= 0.6 is 0 Å². The average molecular weight is 259 g/mol. The first-order valence-corrected chi connectivity index (χ1v) is 3.92. The predicted octanol–water partition coefficient (Wildman–Crippen LogP) is 2.82. The summed E-state index contributed by atoms with van der Waals surface area (Å²) in [6.45, 7) is 0. The molecule has 9 heteroatoms. The lowest BCUT2D eigenvalue weighted by atomic mass is 10.1. The maximum atomic E-state index is 12.4. The van der Waals surface area contributed by atoms with Gasteiger partial charge in [0.1, 0.15) is 5.56 Å². The molecule has 0 bridgehead atoms. The van der Waals surface area contributed by atoms with Crippen LogP contribution in [0.5, 0.6) is 0 Å². The second kappa shape index (κ2) is 3.90. The normalized spacial score (nSPS) is 12.6. The van der Waals surface area contributed by atoms with Gasteiger partial charge in [-0.15, -0.1) is 0 Å². The van der Waals surface area contributed by atoms with E-state index >= 15 is 0 Å². The number of aromatic carboxylic acids is 1. The molecule has 0 amide bonds. The molecule has 0 radical (unpaired) electrons. The molecule has 1 N–H and O–H groups in total. The number of carboxylic acid groups (broad SMARTS) is 1. The van der Waals surface area contributed by atoms with Gasteiger partial charge in [-0.1, -0.05) is 0 Å². The minimum atomic E-state index is -5.45. The van der Waals surface area contributed by atoms with Crippen LogP contribution in [0.25, 0.3) is 0 Å². The fraction of sp³-hybridized carbons (Fsp3) is 0.250. The van der Waals surface area contributed by atoms with Gasteiger partial charge in [0.2, 0.25) is 0 Å². The lowest BCUT2D eigenvalue weighted by Crippen LogP contribution is -2.22. The van der Waals surface area contributed by atoms with Gasteiger partial charge in [0.25, 0.3) is 0 Å². The van der Waals surface area contributed by atoms with E-state index in [0.717, 1.165) is 0 Å². The van der Waals surface area contributed by atoms with Gasteiger partial charge >= 0.3 is 18.3 Å². The minimum absolute atomic E-state index is 0.0786. The zero-order chi connectivity index (χ0) is 13.4. The van der Waals surface area contributed by atoms with E-state index < -0.39 is 35.1 Å². The Morgan fingerprint density at radius 1 is 1.12 bits per heavy atom. The molecule has 94 valence electrons. The number of carbonyl (C=O) groups is 1. The summed E-state index contributed by atoms with van der Waals surface area (Å²) in [6.07, 6.45) is -10.4. The first-order valence-electron chi connectivity index (χ1n) is 3.92. The van der Waals surface area contributed by atoms with Crippen LogP contribution in [0.15, 0.2) is 12.3 Å². The summed E-state index contributed by atoms with van der Waals surface area (Å²) in [6, 6.07) is 0.0786. The minimum Gasteiger partial charge on any atom is -0.476 e. The maximum Gasteiger partial charge on any atom is 0.419 e. The van der Waals surface area contributed by atoms with Crippen molar-refractivity contribution in [2.45, 2.75) is 12.4 Å². The van der Waals surface area contributed by atoms with Crippen molar-refractivity contribution in [1.82, 2.24) is 4.98 Å². The van der Waals surface area contributed by atoms with Crippen molar-refractivity contribution in [2.75, 3.05) is 0 Å². The molecule has 3 nitrogen and oxygen atoms in total. The van der Waals surface area contributed by atoms with Crippen LogP contribution in [-0.4, -0.2) is 16.1 Å². The average Bonchev–Trinajstić information content (AvgIpc) is 2.13. The maximum absolute atomic E-state index is 12.4. The zero-order valence-corrected chi connectivity index (χ0v) is 7.73. The van der Waals surface area contributed by atoms with Crippen molar-refractivity contribution in [3.8, 4) is 0 Å². The van der Waals surface area contributed by atoms with E-state index in [0.29, 0.717) is 6.20 Å². The Hall–Kier alpha value is -1.80. The molecule has 0 aliphatic carbocycles. The second-order valence-electron chi connectivity index (χ2n) is 2.88. The number of aromatic nitrogens is 1. The molecule has 17 heavy (non-hydrogen) atoms. The Morgan fingerprint density at radius 3 is 2.00 bits per heavy atom. The highest BCUT2D eigenvalue weighted by molar-refractivity contribution is 5.87. The van der Waals surface area contributed by atoms with Crippen LogP contribution in [-0.2, 0) is 12.4 Å². The molecular formula is C8H3F6NO2. The van der Waals surface area contributed by atoms with Gasteiger partial charge in [-0.3, -0.25) is 0 Å². The zero-order valence-electron chi connectivity index (χ0n) is 7.73. The lowest BCUT2D eigenvalue weighted by molar-refractivity contribution is -0.162. The van der Waals surface area contributed by atoms with Crippen LogP contribution in [0.1, 0.15) is 21.6 Å². The van der Waals surface area contributed by atoms with Crippen LogP contribution < -0.4 is 0 Å². The third-order valence-electron chi connectivity index (χ3n) is 1.74. The van der Waals surface area contributed by atoms with E-state index in [4.69, 9.17) is 5.11 Å². The van der Waals surface area contributed by atoms with Gasteiger partial charge in [0, 0.05) is 6.20 Å². The Kier molecular flexibility index (Phi) is 3.04. The molecule has 0 atom stereocenters. The highest BCUT2D eigenvalue weighted by atomic mass is 19.4. The van der Waals surface area contributed by atoms with Crippen LogP contribution in [0.2, 0.25) is 0 Å². The fourth-order valence-corrected chi connectivity index (χ4v) is 1.15. The largest absolute Gasteiger partial charge is 0.476 e. The Bertz CT molecular complexity index is 450. The Balaban J connectivity index is 3.64. The monoisotopic (exact) mass is 259 g/mol. The number of hydrogen-bond donors (Lipinski definition) is 1. The van der Waals surface area contributed by atoms with E-state index in [1.165, 1.54) is 0 Å². The molecule has 0 aliphatic heterocycles. The van der Waals surface area contributed by atoms with Crippen molar-refractivity contribution in [2.24, 2.45) is 0 Å². The van der Waals surface area contributed by atoms with Gasteiger partial charge in [-0.25, -0.2) is 9.78 Å². The Labute approximate surface area is 89.7 Å². The van der Waals surface area contributed by atoms with E-state index in [-0.39, 0.29) is 6.07 Å². The molecule has 0 fully saturated rings. The van der Waals surface area contributed by atoms with Gasteiger partial charge in [-0.2, -0.15) is 26.3 Å². The summed E-state index contributed by atoms with van der Waals surface area (Å²) in [5.74, 6) is -2.18. The molecule has 0 saturated heterocycles. The SMILES string of the molecule is O=C(O)c1nccc(C(F)(F)F)c1C(F)(F)F. The first kappa shape index (κ1) is 13.3. The van der Waals surface area contributed by atoms with Gasteiger partial charge in [0.15, 0.2) is 5.69 Å². The number of hydrogen-bond acceptors (Lipinski definition) is 2. The molecule has 0 saturated carbocycles. The molecular weight excluding hydrogens is 256 g/mol. The molecule has 1 aromatic rings. The predicted molar refractivity (Wildman–Crippen MR) is 41.2 cm³/mol. The molecule has 0 aliphatic rings. The first-order chi connectivity index (χ1) is 7.55. The number of carboxylic acids is 1. The van der Waals surface area contributed by atoms with Crippen molar-refractivity contribution < 1.29 is 36.2 Å². The van der Waals surface area contributed by atoms with Crippen molar-refractivity contribution in [3.05, 3.63) is 29.1 Å². The standard InChI is InChI=1S/C8H3F6NO2/c9-7(10,11)3-1-2-15-5(6(16)17)4(3)8(12,13)14/h1-2H,(H,16,17). The molecule has 1 heterocycles. The van der Waals surface area contributed by atoms with E-state index in [9.17, 15) is 31.1 Å². The van der Waals surface area contributed by atoms with Crippen LogP contribution in [0, 0.1) is 0 Å². The number of halogens is 6. The molecule has 1 aromatic heterocycles. The van der Waals surface area contributed by atoms with Crippen LogP contribution in [0.3, 0.4) is 0 Å². The number of nitrogens with zero attached hydrogens (tertiary/aromatic N) is 1. The molecule has 0 spiro atoms. The summed E-state index contributed by atoms with van der Waals surface area (Å²) >= 11 is 0. The lowest BCUT2D eigenvalue weighted by Gasteiger charge is -2.16. The smallest absolute Gasteiger partial charge is 0.419 e. The molecule has 0 aromatic carbocycles. The fourth-order valence-electron chi connectivity index (χ4n) is 1.15. The van der Waals surface area contributed by atoms with Gasteiger partial charge in [-0.05, 0) is 6.07 Å². The summed E-state index contributed by atoms with van der Waals surface area (Å²) < 4.78 is 74.1. The van der Waals surface area contributed by atoms with Crippen LogP contribution in [0.4, 0.5) is 26.3 Å². The highest BCUT2D eigenvalue weighted by Crippen LogP contribution is 2.41. The highest BCUT2D eigenvalue weighted by Gasteiger charge is 2.46. The van der Waals surface area contributed by atoms with Gasteiger partial charge in [0.05, 0.1) is 5.56 Å². The van der Waals surface area contributed by atoms with Crippen molar-refractivity contribution in [1.29, 1.82) is 0 Å². The Morgan fingerprint density at radius 2 is 1.65 bits per heavy atom.